The lowest BCUT2D eigenvalue weighted by Gasteiger charge is -2.27. The predicted molar refractivity (Wildman–Crippen MR) is 91.5 cm³/mol. The monoisotopic (exact) mass is 442 g/mol. The fourth-order valence-corrected chi connectivity index (χ4v) is 3.84. The fraction of sp³-hybridized carbons (Fsp3) is 1.00. The summed E-state index contributed by atoms with van der Waals surface area (Å²) in [5, 5.41) is 0. The van der Waals surface area contributed by atoms with Gasteiger partial charge in [-0.1, -0.05) is 22.6 Å². The van der Waals surface area contributed by atoms with E-state index in [1.165, 1.54) is 0 Å². The maximum Gasteiger partial charge on any atom is 0.187 e. The molecule has 3 heterocycles. The molecule has 23 heavy (non-hydrogen) atoms. The van der Waals surface area contributed by atoms with E-state index < -0.39 is 17.9 Å². The molecule has 6 nitrogen and oxygen atoms in total. The first-order valence-electron chi connectivity index (χ1n) is 8.32. The molecule has 0 aromatic heterocycles. The molecule has 0 saturated carbocycles. The van der Waals surface area contributed by atoms with Crippen LogP contribution in [0.1, 0.15) is 40.5 Å². The Morgan fingerprint density at radius 3 is 2.35 bits per heavy atom. The summed E-state index contributed by atoms with van der Waals surface area (Å²) < 4.78 is 36.9. The normalized spacial score (nSPS) is 41.3. The minimum atomic E-state index is -0.629. The fourth-order valence-electron chi connectivity index (χ4n) is 3.30. The minimum absolute atomic E-state index is 0.169. The highest BCUT2D eigenvalue weighted by Gasteiger charge is 2.59. The van der Waals surface area contributed by atoms with E-state index in [4.69, 9.17) is 28.4 Å². The topological polar surface area (TPSA) is 55.4 Å². The molecule has 3 aliphatic heterocycles. The first-order valence-corrected chi connectivity index (χ1v) is 9.84. The number of rotatable bonds is 6. The van der Waals surface area contributed by atoms with Gasteiger partial charge in [0.2, 0.25) is 0 Å². The Bertz CT molecular complexity index is 415. The molecule has 0 bridgehead atoms. The van der Waals surface area contributed by atoms with Gasteiger partial charge in [0.05, 0.1) is 6.61 Å². The third-order valence-electron chi connectivity index (χ3n) is 4.25. The molecule has 3 rings (SSSR count). The number of halogens is 1. The van der Waals surface area contributed by atoms with Gasteiger partial charge >= 0.3 is 0 Å². The molecule has 0 spiro atoms. The van der Waals surface area contributed by atoms with E-state index >= 15 is 0 Å². The largest absolute Gasteiger partial charge is 0.350 e. The number of hydrogen-bond donors (Lipinski definition) is 0. The van der Waals surface area contributed by atoms with Crippen molar-refractivity contribution in [3.05, 3.63) is 0 Å². The van der Waals surface area contributed by atoms with E-state index in [9.17, 15) is 0 Å². The maximum absolute atomic E-state index is 6.10. The van der Waals surface area contributed by atoms with Gasteiger partial charge in [0.1, 0.15) is 24.4 Å². The SMILES string of the molecule is CC1(C)O[C@@H]2[C@@H](O1)[C@@H](OCCCCI)O[C@@H]2[C@H]1COC(C)(C)O1. The van der Waals surface area contributed by atoms with Gasteiger partial charge in [-0.3, -0.25) is 0 Å². The Kier molecular flexibility index (Phi) is 5.57. The smallest absolute Gasteiger partial charge is 0.187 e. The molecule has 3 aliphatic rings. The minimum Gasteiger partial charge on any atom is -0.350 e. The standard InChI is InChI=1S/C16H27IO6/c1-15(2)19-9-10(21-15)11-12-13(23-16(3,4)22-12)14(20-11)18-8-6-5-7-17/h10-14H,5-9H2,1-4H3/t10-,11-,12+,13-,14+/m1/s1. The Balaban J connectivity index is 1.64. The molecule has 0 amide bonds. The molecule has 0 aromatic carbocycles. The van der Waals surface area contributed by atoms with Crippen LogP contribution >= 0.6 is 22.6 Å². The Morgan fingerprint density at radius 2 is 1.70 bits per heavy atom. The van der Waals surface area contributed by atoms with Crippen molar-refractivity contribution in [1.82, 2.24) is 0 Å². The zero-order chi connectivity index (χ0) is 16.7. The van der Waals surface area contributed by atoms with Gasteiger partial charge in [0, 0.05) is 6.61 Å². The number of unbranched alkanes of at least 4 members (excludes halogenated alkanes) is 1. The average Bonchev–Trinajstić information content (AvgIpc) is 3.06. The van der Waals surface area contributed by atoms with E-state index in [0.717, 1.165) is 17.3 Å². The van der Waals surface area contributed by atoms with Crippen LogP contribution in [-0.2, 0) is 28.4 Å². The summed E-state index contributed by atoms with van der Waals surface area (Å²) in [4.78, 5) is 0. The zero-order valence-corrected chi connectivity index (χ0v) is 16.4. The highest BCUT2D eigenvalue weighted by molar-refractivity contribution is 14.1. The molecule has 0 aromatic rings. The average molecular weight is 442 g/mol. The number of fused-ring (bicyclic) bond motifs is 1. The molecule has 134 valence electrons. The molecule has 7 heteroatoms. The van der Waals surface area contributed by atoms with Crippen LogP contribution < -0.4 is 0 Å². The molecule has 5 atom stereocenters. The summed E-state index contributed by atoms with van der Waals surface area (Å²) in [6.07, 6.45) is 0.931. The molecular formula is C16H27IO6. The first kappa shape index (κ1) is 18.3. The second kappa shape index (κ2) is 7.01. The van der Waals surface area contributed by atoms with E-state index in [1.807, 2.05) is 27.7 Å². The van der Waals surface area contributed by atoms with Gasteiger partial charge in [0.15, 0.2) is 17.9 Å². The van der Waals surface area contributed by atoms with Crippen LogP contribution in [0.15, 0.2) is 0 Å². The lowest BCUT2D eigenvalue weighted by Crippen LogP contribution is -2.40. The Labute approximate surface area is 151 Å². The lowest BCUT2D eigenvalue weighted by atomic mass is 10.1. The van der Waals surface area contributed by atoms with E-state index in [1.54, 1.807) is 0 Å². The van der Waals surface area contributed by atoms with E-state index in [2.05, 4.69) is 22.6 Å². The van der Waals surface area contributed by atoms with Crippen molar-refractivity contribution in [2.24, 2.45) is 0 Å². The summed E-state index contributed by atoms with van der Waals surface area (Å²) in [7, 11) is 0. The van der Waals surface area contributed by atoms with Crippen LogP contribution in [-0.4, -0.2) is 59.9 Å². The summed E-state index contributed by atoms with van der Waals surface area (Å²) in [6, 6.07) is 0. The lowest BCUT2D eigenvalue weighted by molar-refractivity contribution is -0.247. The first-order chi connectivity index (χ1) is 10.8. The summed E-state index contributed by atoms with van der Waals surface area (Å²) >= 11 is 2.37. The Morgan fingerprint density at radius 1 is 0.957 bits per heavy atom. The molecule has 0 N–H and O–H groups in total. The summed E-state index contributed by atoms with van der Waals surface area (Å²) in [6.45, 7) is 8.82. The quantitative estimate of drug-likeness (QED) is 0.358. The summed E-state index contributed by atoms with van der Waals surface area (Å²) in [5.74, 6) is -1.21. The zero-order valence-electron chi connectivity index (χ0n) is 14.2. The van der Waals surface area contributed by atoms with Gasteiger partial charge in [-0.05, 0) is 45.0 Å². The molecular weight excluding hydrogens is 415 g/mol. The third kappa shape index (κ3) is 4.19. The van der Waals surface area contributed by atoms with Crippen molar-refractivity contribution in [1.29, 1.82) is 0 Å². The predicted octanol–water partition coefficient (Wildman–Crippen LogP) is 2.61. The van der Waals surface area contributed by atoms with Gasteiger partial charge < -0.3 is 28.4 Å². The van der Waals surface area contributed by atoms with Crippen molar-refractivity contribution in [3.63, 3.8) is 0 Å². The molecule has 3 saturated heterocycles. The van der Waals surface area contributed by atoms with E-state index in [-0.39, 0.29) is 24.4 Å². The van der Waals surface area contributed by atoms with Crippen molar-refractivity contribution >= 4 is 22.6 Å². The van der Waals surface area contributed by atoms with Gasteiger partial charge in [0.25, 0.3) is 0 Å². The van der Waals surface area contributed by atoms with Crippen LogP contribution in [0.5, 0.6) is 0 Å². The number of ether oxygens (including phenoxy) is 6. The second-order valence-electron chi connectivity index (χ2n) is 7.17. The summed E-state index contributed by atoms with van der Waals surface area (Å²) in [5.41, 5.74) is 0. The Hall–Kier alpha value is 0.490. The van der Waals surface area contributed by atoms with Gasteiger partial charge in [-0.15, -0.1) is 0 Å². The second-order valence-corrected chi connectivity index (χ2v) is 8.25. The van der Waals surface area contributed by atoms with Crippen molar-refractivity contribution in [2.45, 2.75) is 82.8 Å². The van der Waals surface area contributed by atoms with Crippen LogP contribution in [0.2, 0.25) is 0 Å². The number of alkyl halides is 1. The highest BCUT2D eigenvalue weighted by atomic mass is 127. The van der Waals surface area contributed by atoms with Crippen molar-refractivity contribution in [2.75, 3.05) is 17.6 Å². The van der Waals surface area contributed by atoms with E-state index in [0.29, 0.717) is 13.2 Å². The molecule has 3 fully saturated rings. The van der Waals surface area contributed by atoms with Crippen molar-refractivity contribution < 1.29 is 28.4 Å². The molecule has 0 unspecified atom stereocenters. The van der Waals surface area contributed by atoms with Crippen LogP contribution in [0.4, 0.5) is 0 Å². The maximum atomic E-state index is 6.10. The van der Waals surface area contributed by atoms with Gasteiger partial charge in [-0.2, -0.15) is 0 Å². The van der Waals surface area contributed by atoms with Crippen LogP contribution in [0.25, 0.3) is 0 Å². The number of hydrogen-bond acceptors (Lipinski definition) is 6. The third-order valence-corrected chi connectivity index (χ3v) is 5.02. The van der Waals surface area contributed by atoms with Crippen molar-refractivity contribution in [3.8, 4) is 0 Å². The van der Waals surface area contributed by atoms with Gasteiger partial charge in [-0.25, -0.2) is 0 Å². The molecule has 0 radical (unpaired) electrons. The van der Waals surface area contributed by atoms with Crippen LogP contribution in [0, 0.1) is 0 Å². The van der Waals surface area contributed by atoms with Crippen LogP contribution in [0.3, 0.4) is 0 Å². The highest BCUT2D eigenvalue weighted by Crippen LogP contribution is 2.42. The molecule has 0 aliphatic carbocycles.